The van der Waals surface area contributed by atoms with E-state index in [4.69, 9.17) is 0 Å². The molecule has 0 aromatic heterocycles. The molecule has 0 nitrogen and oxygen atoms in total. The van der Waals surface area contributed by atoms with E-state index in [1.54, 1.807) is 0 Å². The number of hydrogen-bond donors (Lipinski definition) is 0. The molecule has 0 aliphatic rings. The highest BCUT2D eigenvalue weighted by Gasteiger charge is 2.21. The molecule has 0 aliphatic heterocycles. The van der Waals surface area contributed by atoms with Crippen molar-refractivity contribution in [2.45, 2.75) is 64.5 Å². The molecule has 2 atom stereocenters. The molecular weight excluding hydrogens is 206 g/mol. The van der Waals surface area contributed by atoms with Crippen molar-refractivity contribution in [2.24, 2.45) is 0 Å². The summed E-state index contributed by atoms with van der Waals surface area (Å²) in [4.78, 5) is 0. The van der Waals surface area contributed by atoms with E-state index < -0.39 is 0 Å². The van der Waals surface area contributed by atoms with Gasteiger partial charge in [0.15, 0.2) is 0 Å². The SMILES string of the molecule is CCCPCCC(P)(CCC)CCC. The highest BCUT2D eigenvalue weighted by molar-refractivity contribution is 7.38. The van der Waals surface area contributed by atoms with Gasteiger partial charge in [0.05, 0.1) is 0 Å². The van der Waals surface area contributed by atoms with Gasteiger partial charge in [0.25, 0.3) is 0 Å². The maximum atomic E-state index is 3.15. The smallest absolute Gasteiger partial charge is 0.0147 e. The normalized spacial score (nSPS) is 12.9. The summed E-state index contributed by atoms with van der Waals surface area (Å²) in [6.07, 6.45) is 11.1. The Kier molecular flexibility index (Phi) is 9.67. The minimum Gasteiger partial charge on any atom is -0.131 e. The van der Waals surface area contributed by atoms with Gasteiger partial charge >= 0.3 is 0 Å². The summed E-state index contributed by atoms with van der Waals surface area (Å²) in [6, 6.07) is 0. The zero-order chi connectivity index (χ0) is 10.9. The summed E-state index contributed by atoms with van der Waals surface area (Å²) in [5.74, 6) is 0. The van der Waals surface area contributed by atoms with Crippen LogP contribution in [0.3, 0.4) is 0 Å². The third-order valence-electron chi connectivity index (χ3n) is 2.72. The Bertz CT molecular complexity index is 117. The summed E-state index contributed by atoms with van der Waals surface area (Å²) in [5.41, 5.74) is 0. The van der Waals surface area contributed by atoms with Gasteiger partial charge in [0.2, 0.25) is 0 Å². The summed E-state index contributed by atoms with van der Waals surface area (Å²) in [6.45, 7) is 6.91. The second-order valence-electron chi connectivity index (χ2n) is 4.36. The Morgan fingerprint density at radius 1 is 0.857 bits per heavy atom. The highest BCUT2D eigenvalue weighted by Crippen LogP contribution is 2.35. The fourth-order valence-corrected chi connectivity index (χ4v) is 4.30. The molecule has 0 saturated carbocycles. The van der Waals surface area contributed by atoms with E-state index >= 15 is 0 Å². The zero-order valence-corrected chi connectivity index (χ0v) is 12.4. The molecule has 0 heterocycles. The van der Waals surface area contributed by atoms with Crippen molar-refractivity contribution in [1.29, 1.82) is 0 Å². The number of hydrogen-bond acceptors (Lipinski definition) is 0. The van der Waals surface area contributed by atoms with E-state index in [2.05, 4.69) is 30.0 Å². The first-order valence-corrected chi connectivity index (χ1v) is 8.17. The van der Waals surface area contributed by atoms with Crippen LogP contribution in [0.2, 0.25) is 0 Å². The average molecular weight is 234 g/mol. The van der Waals surface area contributed by atoms with Gasteiger partial charge in [-0.2, -0.15) is 0 Å². The van der Waals surface area contributed by atoms with Crippen LogP contribution in [0.4, 0.5) is 0 Å². The topological polar surface area (TPSA) is 0 Å². The van der Waals surface area contributed by atoms with Crippen LogP contribution in [0.15, 0.2) is 0 Å². The molecule has 0 spiro atoms. The second-order valence-corrected chi connectivity index (χ2v) is 7.09. The lowest BCUT2D eigenvalue weighted by atomic mass is 9.94. The average Bonchev–Trinajstić information content (AvgIpc) is 2.13. The number of rotatable bonds is 9. The molecule has 0 aromatic rings. The summed E-state index contributed by atoms with van der Waals surface area (Å²) >= 11 is 0. The lowest BCUT2D eigenvalue weighted by Gasteiger charge is -2.28. The van der Waals surface area contributed by atoms with Gasteiger partial charge < -0.3 is 0 Å². The molecule has 86 valence electrons. The van der Waals surface area contributed by atoms with Crippen LogP contribution in [0.25, 0.3) is 0 Å². The molecule has 0 saturated heterocycles. The third-order valence-corrected chi connectivity index (χ3v) is 5.05. The van der Waals surface area contributed by atoms with Crippen molar-refractivity contribution in [3.8, 4) is 0 Å². The van der Waals surface area contributed by atoms with Crippen LogP contribution < -0.4 is 0 Å². The van der Waals surface area contributed by atoms with E-state index in [1.165, 1.54) is 59.4 Å². The molecule has 0 bridgehead atoms. The van der Waals surface area contributed by atoms with Gasteiger partial charge in [-0.3, -0.25) is 0 Å². The van der Waals surface area contributed by atoms with Crippen molar-refractivity contribution in [3.05, 3.63) is 0 Å². The van der Waals surface area contributed by atoms with Crippen LogP contribution in [0, 0.1) is 0 Å². The molecule has 0 aromatic carbocycles. The summed E-state index contributed by atoms with van der Waals surface area (Å²) < 4.78 is 0. The van der Waals surface area contributed by atoms with Gasteiger partial charge in [0.1, 0.15) is 0 Å². The quantitative estimate of drug-likeness (QED) is 0.401. The maximum Gasteiger partial charge on any atom is -0.0147 e. The Morgan fingerprint density at radius 2 is 1.43 bits per heavy atom. The zero-order valence-electron chi connectivity index (χ0n) is 10.2. The summed E-state index contributed by atoms with van der Waals surface area (Å²) in [5, 5.41) is 0.574. The Labute approximate surface area is 95.0 Å². The Morgan fingerprint density at radius 3 is 1.86 bits per heavy atom. The van der Waals surface area contributed by atoms with Gasteiger partial charge in [-0.25, -0.2) is 0 Å². The minimum atomic E-state index is 0.574. The first kappa shape index (κ1) is 14.9. The van der Waals surface area contributed by atoms with E-state index in [1.807, 2.05) is 0 Å². The molecule has 0 aliphatic carbocycles. The van der Waals surface area contributed by atoms with Gasteiger partial charge in [-0.1, -0.05) is 40.0 Å². The maximum absolute atomic E-state index is 3.15. The van der Waals surface area contributed by atoms with Crippen LogP contribution in [-0.2, 0) is 0 Å². The fourth-order valence-electron chi connectivity index (χ4n) is 2.01. The van der Waals surface area contributed by atoms with Gasteiger partial charge in [-0.05, 0) is 36.7 Å². The Balaban J connectivity index is 3.71. The lowest BCUT2D eigenvalue weighted by Crippen LogP contribution is -2.20. The lowest BCUT2D eigenvalue weighted by molar-refractivity contribution is 0.478. The molecule has 14 heavy (non-hydrogen) atoms. The van der Waals surface area contributed by atoms with E-state index in [9.17, 15) is 0 Å². The van der Waals surface area contributed by atoms with E-state index in [0.29, 0.717) is 5.16 Å². The van der Waals surface area contributed by atoms with Gasteiger partial charge in [-0.15, -0.1) is 17.8 Å². The first-order chi connectivity index (χ1) is 6.68. The molecule has 0 radical (unpaired) electrons. The van der Waals surface area contributed by atoms with Crippen molar-refractivity contribution in [1.82, 2.24) is 0 Å². The predicted octanol–water partition coefficient (Wildman–Crippen LogP) is 4.68. The van der Waals surface area contributed by atoms with Crippen molar-refractivity contribution >= 4 is 17.8 Å². The van der Waals surface area contributed by atoms with Crippen LogP contribution in [-0.4, -0.2) is 17.5 Å². The van der Waals surface area contributed by atoms with E-state index in [-0.39, 0.29) is 0 Å². The summed E-state index contributed by atoms with van der Waals surface area (Å²) in [7, 11) is 4.35. The molecule has 0 rings (SSSR count). The highest BCUT2D eigenvalue weighted by atomic mass is 31.1. The van der Waals surface area contributed by atoms with Gasteiger partial charge in [0, 0.05) is 0 Å². The molecular formula is C12H28P2. The molecule has 2 heteroatoms. The van der Waals surface area contributed by atoms with Crippen molar-refractivity contribution < 1.29 is 0 Å². The third kappa shape index (κ3) is 7.19. The molecule has 0 N–H and O–H groups in total. The van der Waals surface area contributed by atoms with Crippen LogP contribution in [0.5, 0.6) is 0 Å². The molecule has 0 fully saturated rings. The predicted molar refractivity (Wildman–Crippen MR) is 75.2 cm³/mol. The molecule has 0 amide bonds. The first-order valence-electron chi connectivity index (χ1n) is 6.18. The monoisotopic (exact) mass is 234 g/mol. The van der Waals surface area contributed by atoms with Crippen molar-refractivity contribution in [2.75, 3.05) is 12.3 Å². The largest absolute Gasteiger partial charge is 0.131 e. The minimum absolute atomic E-state index is 0.574. The van der Waals surface area contributed by atoms with Crippen molar-refractivity contribution in [3.63, 3.8) is 0 Å². The molecule has 2 unspecified atom stereocenters. The fraction of sp³-hybridized carbons (Fsp3) is 1.00. The standard InChI is InChI=1S/C12H28P2/c1-4-7-12(13,8-5-2)9-11-14-10-6-3/h14H,4-11,13H2,1-3H3. The second kappa shape index (κ2) is 9.11. The van der Waals surface area contributed by atoms with E-state index in [0.717, 1.165) is 0 Å². The van der Waals surface area contributed by atoms with Crippen LogP contribution in [0.1, 0.15) is 59.3 Å². The Hall–Kier alpha value is 0.860. The van der Waals surface area contributed by atoms with Crippen LogP contribution >= 0.6 is 17.8 Å².